The molecule has 0 unspecified atom stereocenters. The van der Waals surface area contributed by atoms with Gasteiger partial charge in [0.05, 0.1) is 29.0 Å². The van der Waals surface area contributed by atoms with Gasteiger partial charge in [0.15, 0.2) is 16.6 Å². The first-order valence-electron chi connectivity index (χ1n) is 11.6. The number of anilines is 1. The Labute approximate surface area is 221 Å². The van der Waals surface area contributed by atoms with Crippen LogP contribution in [0, 0.1) is 11.0 Å². The van der Waals surface area contributed by atoms with Crippen LogP contribution in [0.5, 0.6) is 0 Å². The summed E-state index contributed by atoms with van der Waals surface area (Å²) < 4.78 is 13.7. The Bertz CT molecular complexity index is 1770. The van der Waals surface area contributed by atoms with E-state index in [0.717, 1.165) is 43.8 Å². The summed E-state index contributed by atoms with van der Waals surface area (Å²) in [5.74, 6) is 0.776. The lowest BCUT2D eigenvalue weighted by molar-refractivity contribution is -0.116. The molecule has 0 atom stereocenters. The number of nitrogens with one attached hydrogen (secondary N) is 3. The first-order valence-corrected chi connectivity index (χ1v) is 12.5. The zero-order chi connectivity index (χ0) is 25.5. The van der Waals surface area contributed by atoms with E-state index in [1.807, 2.05) is 26.0 Å². The van der Waals surface area contributed by atoms with Crippen molar-refractivity contribution < 1.29 is 9.18 Å². The lowest BCUT2D eigenvalue weighted by atomic mass is 10.1. The number of nitrogens with zero attached hydrogens (tertiary/aromatic N) is 5. The van der Waals surface area contributed by atoms with E-state index in [4.69, 9.17) is 4.98 Å². The fourth-order valence-corrected chi connectivity index (χ4v) is 4.92. The molecule has 38 heavy (non-hydrogen) atoms. The number of imidazole rings is 1. The number of H-pyrrole nitrogens is 2. The number of fused-ring (bicyclic) bond motifs is 2. The zero-order valence-corrected chi connectivity index (χ0v) is 20.7. The lowest BCUT2D eigenvalue weighted by Crippen LogP contribution is -2.13. The van der Waals surface area contributed by atoms with Crippen molar-refractivity contribution in [2.75, 3.05) is 5.32 Å². The minimum Gasteiger partial charge on any atom is -0.335 e. The zero-order valence-electron chi connectivity index (χ0n) is 19.9. The minimum atomic E-state index is -0.265. The van der Waals surface area contributed by atoms with Crippen LogP contribution in [0.4, 0.5) is 10.1 Å². The van der Waals surface area contributed by atoms with Crippen molar-refractivity contribution in [1.29, 1.82) is 0 Å². The second-order valence-corrected chi connectivity index (χ2v) is 10.1. The van der Waals surface area contributed by atoms with Crippen LogP contribution in [0.1, 0.15) is 27.7 Å². The summed E-state index contributed by atoms with van der Waals surface area (Å²) in [5.41, 5.74) is 5.60. The standard InChI is InChI=1S/C26H21FN8OS.CH4/c1-13(2)5-22(36)31-16-6-14(8-28-10-16)15-7-17-24(34-35-25(17)30-9-15)26-32-19-12-29-11-18(23(19)33-26)20-3-4-21(27)37-20;/h3-4,6-13H,5H2,1-2H3,(H,31,36)(H,32,33)(H,30,34,35);1H4. The van der Waals surface area contributed by atoms with Gasteiger partial charge < -0.3 is 10.3 Å². The van der Waals surface area contributed by atoms with Gasteiger partial charge in [-0.2, -0.15) is 9.49 Å². The highest BCUT2D eigenvalue weighted by molar-refractivity contribution is 7.14. The average Bonchev–Trinajstić information content (AvgIpc) is 3.60. The quantitative estimate of drug-likeness (QED) is 0.228. The maximum atomic E-state index is 13.7. The van der Waals surface area contributed by atoms with E-state index < -0.39 is 0 Å². The van der Waals surface area contributed by atoms with Gasteiger partial charge in [-0.05, 0) is 30.2 Å². The van der Waals surface area contributed by atoms with Gasteiger partial charge in [-0.15, -0.1) is 11.3 Å². The van der Waals surface area contributed by atoms with Crippen molar-refractivity contribution in [3.05, 3.63) is 60.4 Å². The van der Waals surface area contributed by atoms with Crippen LogP contribution >= 0.6 is 11.3 Å². The molecule has 0 spiro atoms. The molecule has 0 aromatic carbocycles. The van der Waals surface area contributed by atoms with Crippen molar-refractivity contribution in [2.45, 2.75) is 27.7 Å². The van der Waals surface area contributed by atoms with Crippen molar-refractivity contribution in [1.82, 2.24) is 35.1 Å². The molecule has 0 bridgehead atoms. The molecule has 1 amide bonds. The van der Waals surface area contributed by atoms with Crippen molar-refractivity contribution in [3.8, 4) is 33.1 Å². The van der Waals surface area contributed by atoms with E-state index in [2.05, 4.69) is 35.5 Å². The maximum Gasteiger partial charge on any atom is 0.224 e. The molecule has 0 aliphatic carbocycles. The van der Waals surface area contributed by atoms with Crippen LogP contribution in [0.15, 0.2) is 55.2 Å². The van der Waals surface area contributed by atoms with Crippen molar-refractivity contribution in [2.24, 2.45) is 5.92 Å². The van der Waals surface area contributed by atoms with Crippen LogP contribution in [-0.4, -0.2) is 41.0 Å². The van der Waals surface area contributed by atoms with Gasteiger partial charge in [0, 0.05) is 46.6 Å². The molecule has 0 saturated carbocycles. The van der Waals surface area contributed by atoms with Crippen LogP contribution in [0.3, 0.4) is 0 Å². The fraction of sp³-hybridized carbons (Fsp3) is 0.185. The molecule has 0 aliphatic heterocycles. The van der Waals surface area contributed by atoms with Gasteiger partial charge in [-0.3, -0.25) is 19.9 Å². The number of hydrogen-bond acceptors (Lipinski definition) is 7. The predicted molar refractivity (Wildman–Crippen MR) is 148 cm³/mol. The molecule has 6 aromatic rings. The first-order chi connectivity index (χ1) is 17.9. The Morgan fingerprint density at radius 2 is 1.89 bits per heavy atom. The minimum absolute atomic E-state index is 0. The largest absolute Gasteiger partial charge is 0.335 e. The van der Waals surface area contributed by atoms with Gasteiger partial charge in [0.2, 0.25) is 5.91 Å². The molecule has 3 N–H and O–H groups in total. The maximum absolute atomic E-state index is 13.7. The summed E-state index contributed by atoms with van der Waals surface area (Å²) in [4.78, 5) is 34.1. The summed E-state index contributed by atoms with van der Waals surface area (Å²) in [6, 6.07) is 6.98. The average molecular weight is 529 g/mol. The molecule has 0 radical (unpaired) electrons. The Balaban J connectivity index is 0.00000294. The number of thiophene rings is 1. The number of carbonyl (C=O) groups excluding carboxylic acids is 1. The number of amides is 1. The van der Waals surface area contributed by atoms with Gasteiger partial charge in [0.1, 0.15) is 11.2 Å². The Morgan fingerprint density at radius 3 is 2.68 bits per heavy atom. The molecule has 0 fully saturated rings. The van der Waals surface area contributed by atoms with Crippen molar-refractivity contribution >= 4 is 45.0 Å². The summed E-state index contributed by atoms with van der Waals surface area (Å²) >= 11 is 1.05. The van der Waals surface area contributed by atoms with E-state index in [9.17, 15) is 9.18 Å². The van der Waals surface area contributed by atoms with Crippen molar-refractivity contribution in [3.63, 3.8) is 0 Å². The number of rotatable bonds is 6. The number of aromatic amines is 2. The number of aromatic nitrogens is 7. The smallest absolute Gasteiger partial charge is 0.224 e. The molecule has 11 heteroatoms. The highest BCUT2D eigenvalue weighted by atomic mass is 32.1. The van der Waals surface area contributed by atoms with Gasteiger partial charge >= 0.3 is 0 Å². The molecule has 6 aromatic heterocycles. The number of pyridine rings is 3. The lowest BCUT2D eigenvalue weighted by Gasteiger charge is -2.08. The summed E-state index contributed by atoms with van der Waals surface area (Å²) in [6.45, 7) is 4.00. The Hall–Kier alpha value is -4.51. The predicted octanol–water partition coefficient (Wildman–Crippen LogP) is 6.45. The summed E-state index contributed by atoms with van der Waals surface area (Å²) in [5, 5.41) is 10.8. The van der Waals surface area contributed by atoms with Crippen LogP contribution in [-0.2, 0) is 4.79 Å². The number of halogens is 1. The monoisotopic (exact) mass is 528 g/mol. The molecule has 6 rings (SSSR count). The highest BCUT2D eigenvalue weighted by Gasteiger charge is 2.17. The molecular formula is C27H25FN8OS. The second kappa shape index (κ2) is 10.1. The molecule has 192 valence electrons. The SMILES string of the molecule is C.CC(C)CC(=O)Nc1cncc(-c2cnc3n[nH]c(-c4nc5c(-c6ccc(F)s6)cncc5[nH]4)c3c2)c1. The molecule has 9 nitrogen and oxygen atoms in total. The highest BCUT2D eigenvalue weighted by Crippen LogP contribution is 2.34. The third-order valence-electron chi connectivity index (χ3n) is 5.83. The molecule has 0 aliphatic rings. The third kappa shape index (κ3) is 4.75. The summed E-state index contributed by atoms with van der Waals surface area (Å²) in [6.07, 6.45) is 8.87. The topological polar surface area (TPSA) is 125 Å². The second-order valence-electron chi connectivity index (χ2n) is 9.07. The van der Waals surface area contributed by atoms with E-state index in [1.54, 1.807) is 37.1 Å². The van der Waals surface area contributed by atoms with E-state index in [0.29, 0.717) is 34.8 Å². The van der Waals surface area contributed by atoms with Crippen LogP contribution in [0.2, 0.25) is 0 Å². The first kappa shape index (κ1) is 25.2. The summed E-state index contributed by atoms with van der Waals surface area (Å²) in [7, 11) is 0. The van der Waals surface area contributed by atoms with Gasteiger partial charge in [-0.1, -0.05) is 21.3 Å². The van der Waals surface area contributed by atoms with Crippen LogP contribution < -0.4 is 5.32 Å². The fourth-order valence-electron chi connectivity index (χ4n) is 4.18. The van der Waals surface area contributed by atoms with E-state index >= 15 is 0 Å². The van der Waals surface area contributed by atoms with Crippen LogP contribution in [0.25, 0.3) is 55.2 Å². The van der Waals surface area contributed by atoms with Gasteiger partial charge in [0.25, 0.3) is 0 Å². The normalized spacial score (nSPS) is 11.3. The van der Waals surface area contributed by atoms with E-state index in [1.165, 1.54) is 6.07 Å². The molecular weight excluding hydrogens is 503 g/mol. The third-order valence-corrected chi connectivity index (χ3v) is 6.74. The van der Waals surface area contributed by atoms with E-state index in [-0.39, 0.29) is 24.4 Å². The Morgan fingerprint density at radius 1 is 1.08 bits per heavy atom. The molecule has 0 saturated heterocycles. The number of hydrogen-bond donors (Lipinski definition) is 3. The van der Waals surface area contributed by atoms with Gasteiger partial charge in [-0.25, -0.2) is 9.97 Å². The molecule has 6 heterocycles. The number of carbonyl (C=O) groups is 1. The Kier molecular flexibility index (Phi) is 6.68.